The van der Waals surface area contributed by atoms with Crippen LogP contribution in [0, 0.1) is 13.8 Å². The normalized spacial score (nSPS) is 12.4. The summed E-state index contributed by atoms with van der Waals surface area (Å²) in [6, 6.07) is 8.35. The molecule has 0 spiro atoms. The lowest BCUT2D eigenvalue weighted by Gasteiger charge is -2.20. The van der Waals surface area contributed by atoms with Gasteiger partial charge in [0.1, 0.15) is 0 Å². The molecule has 0 aliphatic rings. The summed E-state index contributed by atoms with van der Waals surface area (Å²) in [6.07, 6.45) is 2.51. The number of likely N-dealkylation sites (N-methyl/N-ethyl adjacent to an activating group) is 1. The first kappa shape index (κ1) is 16.3. The molecule has 0 saturated heterocycles. The molecule has 1 aromatic heterocycles. The van der Waals surface area contributed by atoms with E-state index in [1.54, 1.807) is 12.3 Å². The number of pyridine rings is 1. The number of nitrogens with one attached hydrogen (secondary N) is 1. The van der Waals surface area contributed by atoms with Crippen molar-refractivity contribution in [3.63, 3.8) is 0 Å². The predicted molar refractivity (Wildman–Crippen MR) is 90.3 cm³/mol. The Kier molecular flexibility index (Phi) is 5.63. The maximum absolute atomic E-state index is 6.31. The van der Waals surface area contributed by atoms with Gasteiger partial charge in [-0.05, 0) is 44.0 Å². The average Bonchev–Trinajstić information content (AvgIpc) is 2.42. The van der Waals surface area contributed by atoms with E-state index >= 15 is 0 Å². The summed E-state index contributed by atoms with van der Waals surface area (Å²) < 4.78 is 0. The molecule has 112 valence electrons. The van der Waals surface area contributed by atoms with Crippen LogP contribution in [-0.4, -0.2) is 11.5 Å². The maximum atomic E-state index is 6.31. The SMILES string of the molecule is CCNC(Cc1cc(C)ccc1C)c1ncc(Cl)cc1Cl. The van der Waals surface area contributed by atoms with Crippen molar-refractivity contribution < 1.29 is 0 Å². The van der Waals surface area contributed by atoms with Crippen molar-refractivity contribution in [2.24, 2.45) is 0 Å². The molecule has 4 heteroatoms. The highest BCUT2D eigenvalue weighted by atomic mass is 35.5. The summed E-state index contributed by atoms with van der Waals surface area (Å²) in [4.78, 5) is 4.42. The van der Waals surface area contributed by atoms with Gasteiger partial charge in [-0.25, -0.2) is 0 Å². The molecule has 0 saturated carbocycles. The first-order valence-corrected chi connectivity index (χ1v) is 7.87. The molecule has 0 bridgehead atoms. The second kappa shape index (κ2) is 7.26. The lowest BCUT2D eigenvalue weighted by Crippen LogP contribution is -2.24. The molecule has 1 unspecified atom stereocenters. The fraction of sp³-hybridized carbons (Fsp3) is 0.353. The van der Waals surface area contributed by atoms with Gasteiger partial charge in [-0.2, -0.15) is 0 Å². The average molecular weight is 323 g/mol. The Morgan fingerprint density at radius 1 is 1.19 bits per heavy atom. The molecule has 21 heavy (non-hydrogen) atoms. The minimum atomic E-state index is 0.0836. The zero-order valence-corrected chi connectivity index (χ0v) is 14.1. The zero-order chi connectivity index (χ0) is 15.4. The maximum Gasteiger partial charge on any atom is 0.0763 e. The summed E-state index contributed by atoms with van der Waals surface area (Å²) in [5.41, 5.74) is 4.71. The topological polar surface area (TPSA) is 24.9 Å². The molecule has 1 atom stereocenters. The summed E-state index contributed by atoms with van der Waals surface area (Å²) in [6.45, 7) is 7.18. The number of halogens is 2. The van der Waals surface area contributed by atoms with Crippen molar-refractivity contribution >= 4 is 23.2 Å². The van der Waals surface area contributed by atoms with Crippen LogP contribution in [0.5, 0.6) is 0 Å². The number of aromatic nitrogens is 1. The molecule has 0 amide bonds. The van der Waals surface area contributed by atoms with Gasteiger partial charge < -0.3 is 5.32 Å². The molecular formula is C17H20Cl2N2. The Bertz CT molecular complexity index is 626. The van der Waals surface area contributed by atoms with Gasteiger partial charge in [0.25, 0.3) is 0 Å². The van der Waals surface area contributed by atoms with E-state index in [0.717, 1.165) is 18.7 Å². The van der Waals surface area contributed by atoms with Gasteiger partial charge in [-0.15, -0.1) is 0 Å². The van der Waals surface area contributed by atoms with Gasteiger partial charge in [-0.3, -0.25) is 4.98 Å². The highest BCUT2D eigenvalue weighted by molar-refractivity contribution is 6.34. The van der Waals surface area contributed by atoms with Crippen molar-refractivity contribution in [3.8, 4) is 0 Å². The molecule has 0 radical (unpaired) electrons. The van der Waals surface area contributed by atoms with Gasteiger partial charge in [0, 0.05) is 6.20 Å². The van der Waals surface area contributed by atoms with Crippen molar-refractivity contribution in [2.45, 2.75) is 33.2 Å². The standard InChI is InChI=1S/C17H20Cl2N2/c1-4-20-16(17-15(19)9-14(18)10-21-17)8-13-7-11(2)5-6-12(13)3/h5-7,9-10,16,20H,4,8H2,1-3H3. The van der Waals surface area contributed by atoms with Crippen LogP contribution in [0.15, 0.2) is 30.5 Å². The summed E-state index contributed by atoms with van der Waals surface area (Å²) in [5, 5.41) is 4.64. The van der Waals surface area contributed by atoms with E-state index in [1.807, 2.05) is 0 Å². The zero-order valence-electron chi connectivity index (χ0n) is 12.6. The molecule has 1 N–H and O–H groups in total. The first-order valence-electron chi connectivity index (χ1n) is 7.11. The van der Waals surface area contributed by atoms with E-state index in [-0.39, 0.29) is 6.04 Å². The highest BCUT2D eigenvalue weighted by Gasteiger charge is 2.17. The van der Waals surface area contributed by atoms with Crippen molar-refractivity contribution in [2.75, 3.05) is 6.54 Å². The van der Waals surface area contributed by atoms with Crippen LogP contribution in [0.4, 0.5) is 0 Å². The molecular weight excluding hydrogens is 303 g/mol. The first-order chi connectivity index (χ1) is 10.0. The Morgan fingerprint density at radius 2 is 1.95 bits per heavy atom. The van der Waals surface area contributed by atoms with E-state index in [4.69, 9.17) is 23.2 Å². The molecule has 2 nitrogen and oxygen atoms in total. The molecule has 2 aromatic rings. The quantitative estimate of drug-likeness (QED) is 0.846. The summed E-state index contributed by atoms with van der Waals surface area (Å²) in [5.74, 6) is 0. The van der Waals surface area contributed by atoms with Crippen LogP contribution in [0.2, 0.25) is 10.0 Å². The van der Waals surface area contributed by atoms with Gasteiger partial charge in [0.2, 0.25) is 0 Å². The van der Waals surface area contributed by atoms with E-state index in [9.17, 15) is 0 Å². The minimum absolute atomic E-state index is 0.0836. The number of rotatable bonds is 5. The molecule has 0 aliphatic carbocycles. The van der Waals surface area contributed by atoms with Crippen LogP contribution >= 0.6 is 23.2 Å². The van der Waals surface area contributed by atoms with Crippen LogP contribution in [-0.2, 0) is 6.42 Å². The number of nitrogens with zero attached hydrogens (tertiary/aromatic N) is 1. The van der Waals surface area contributed by atoms with E-state index in [0.29, 0.717) is 10.0 Å². The largest absolute Gasteiger partial charge is 0.309 e. The Morgan fingerprint density at radius 3 is 2.62 bits per heavy atom. The molecule has 2 rings (SSSR count). The molecule has 1 heterocycles. The third-order valence-electron chi connectivity index (χ3n) is 3.55. The second-order valence-corrected chi connectivity index (χ2v) is 6.11. The van der Waals surface area contributed by atoms with Crippen LogP contribution in [0.3, 0.4) is 0 Å². The number of hydrogen-bond acceptors (Lipinski definition) is 2. The van der Waals surface area contributed by atoms with Crippen molar-refractivity contribution in [1.82, 2.24) is 10.3 Å². The lowest BCUT2D eigenvalue weighted by molar-refractivity contribution is 0.536. The predicted octanol–water partition coefficient (Wildman–Crippen LogP) is 4.90. The smallest absolute Gasteiger partial charge is 0.0763 e. The Hall–Kier alpha value is -1.09. The summed E-state index contributed by atoms with van der Waals surface area (Å²) in [7, 11) is 0. The fourth-order valence-electron chi connectivity index (χ4n) is 2.43. The van der Waals surface area contributed by atoms with Gasteiger partial charge >= 0.3 is 0 Å². The minimum Gasteiger partial charge on any atom is -0.309 e. The number of aryl methyl sites for hydroxylation is 2. The van der Waals surface area contributed by atoms with Crippen LogP contribution < -0.4 is 5.32 Å². The Balaban J connectivity index is 2.32. The van der Waals surface area contributed by atoms with Crippen molar-refractivity contribution in [1.29, 1.82) is 0 Å². The monoisotopic (exact) mass is 322 g/mol. The second-order valence-electron chi connectivity index (χ2n) is 5.26. The van der Waals surface area contributed by atoms with E-state index in [2.05, 4.69) is 49.3 Å². The third-order valence-corrected chi connectivity index (χ3v) is 4.05. The summed E-state index contributed by atoms with van der Waals surface area (Å²) >= 11 is 12.2. The molecule has 1 aromatic carbocycles. The lowest BCUT2D eigenvalue weighted by atomic mass is 9.97. The molecule has 0 fully saturated rings. The van der Waals surface area contributed by atoms with Crippen molar-refractivity contribution in [3.05, 3.63) is 62.9 Å². The third kappa shape index (κ3) is 4.19. The Labute approximate surface area is 136 Å². The van der Waals surface area contributed by atoms with E-state index in [1.165, 1.54) is 16.7 Å². The van der Waals surface area contributed by atoms with Gasteiger partial charge in [0.15, 0.2) is 0 Å². The van der Waals surface area contributed by atoms with Gasteiger partial charge in [-0.1, -0.05) is 53.9 Å². The van der Waals surface area contributed by atoms with Crippen LogP contribution in [0.25, 0.3) is 0 Å². The van der Waals surface area contributed by atoms with Crippen LogP contribution in [0.1, 0.15) is 35.3 Å². The molecule has 0 aliphatic heterocycles. The highest BCUT2D eigenvalue weighted by Crippen LogP contribution is 2.27. The fourth-order valence-corrected chi connectivity index (χ4v) is 2.95. The van der Waals surface area contributed by atoms with E-state index < -0.39 is 0 Å². The van der Waals surface area contributed by atoms with Gasteiger partial charge in [0.05, 0.1) is 21.8 Å². The number of hydrogen-bond donors (Lipinski definition) is 1. The number of benzene rings is 1.